The Morgan fingerprint density at radius 1 is 1.37 bits per heavy atom. The molecule has 2 rings (SSSR count). The van der Waals surface area contributed by atoms with Gasteiger partial charge in [0, 0.05) is 13.2 Å². The number of benzene rings is 1. The molecule has 5 heteroatoms. The summed E-state index contributed by atoms with van der Waals surface area (Å²) >= 11 is 0. The fourth-order valence-corrected chi connectivity index (χ4v) is 1.79. The van der Waals surface area contributed by atoms with E-state index in [1.807, 2.05) is 31.2 Å². The minimum atomic E-state index is -0.128. The Balaban J connectivity index is 2.03. The largest absolute Gasteiger partial charge is 0.497 e. The molecule has 100 valence electrons. The monoisotopic (exact) mass is 259 g/mol. The second-order valence-corrected chi connectivity index (χ2v) is 4.37. The van der Waals surface area contributed by atoms with Gasteiger partial charge < -0.3 is 10.1 Å². The van der Waals surface area contributed by atoms with Gasteiger partial charge in [-0.15, -0.1) is 0 Å². The second kappa shape index (κ2) is 5.56. The zero-order valence-electron chi connectivity index (χ0n) is 11.3. The quantitative estimate of drug-likeness (QED) is 0.912. The molecule has 0 fully saturated rings. The summed E-state index contributed by atoms with van der Waals surface area (Å²) in [5, 5.41) is 6.91. The summed E-state index contributed by atoms with van der Waals surface area (Å²) in [5.74, 6) is 0.672. The molecule has 0 spiro atoms. The fourth-order valence-electron chi connectivity index (χ4n) is 1.79. The van der Waals surface area contributed by atoms with Gasteiger partial charge in [0.25, 0.3) is 5.91 Å². The molecule has 5 nitrogen and oxygen atoms in total. The number of carbonyl (C=O) groups excluding carboxylic acids is 1. The predicted molar refractivity (Wildman–Crippen MR) is 72.1 cm³/mol. The molecule has 1 aromatic heterocycles. The first kappa shape index (κ1) is 13.1. The third-order valence-corrected chi connectivity index (χ3v) is 2.93. The van der Waals surface area contributed by atoms with E-state index in [1.165, 1.54) is 0 Å². The van der Waals surface area contributed by atoms with E-state index >= 15 is 0 Å². The number of aromatic nitrogens is 2. The maximum absolute atomic E-state index is 12.0. The summed E-state index contributed by atoms with van der Waals surface area (Å²) in [6.07, 6.45) is 3.24. The smallest absolute Gasteiger partial charge is 0.254 e. The maximum Gasteiger partial charge on any atom is 0.254 e. The lowest BCUT2D eigenvalue weighted by Crippen LogP contribution is -2.26. The van der Waals surface area contributed by atoms with Crippen LogP contribution in [-0.2, 0) is 7.05 Å². The van der Waals surface area contributed by atoms with E-state index in [-0.39, 0.29) is 11.9 Å². The number of ether oxygens (including phenoxy) is 1. The van der Waals surface area contributed by atoms with Crippen molar-refractivity contribution >= 4 is 5.91 Å². The highest BCUT2D eigenvalue weighted by molar-refractivity contribution is 5.93. The number of hydrogen-bond acceptors (Lipinski definition) is 3. The minimum absolute atomic E-state index is 0.0707. The van der Waals surface area contributed by atoms with Crippen LogP contribution in [-0.4, -0.2) is 22.8 Å². The molecule has 0 radical (unpaired) electrons. The summed E-state index contributed by atoms with van der Waals surface area (Å²) in [5.41, 5.74) is 1.58. The van der Waals surface area contributed by atoms with Gasteiger partial charge >= 0.3 is 0 Å². The zero-order valence-corrected chi connectivity index (χ0v) is 11.3. The average Bonchev–Trinajstić information content (AvgIpc) is 2.85. The first-order valence-corrected chi connectivity index (χ1v) is 6.03. The van der Waals surface area contributed by atoms with Crippen LogP contribution in [0.5, 0.6) is 5.75 Å². The van der Waals surface area contributed by atoms with Gasteiger partial charge in [0.05, 0.1) is 24.9 Å². The zero-order chi connectivity index (χ0) is 13.8. The number of methoxy groups -OCH3 is 1. The Labute approximate surface area is 112 Å². The van der Waals surface area contributed by atoms with Crippen molar-refractivity contribution in [2.75, 3.05) is 7.11 Å². The summed E-state index contributed by atoms with van der Waals surface area (Å²) in [6, 6.07) is 7.56. The predicted octanol–water partition coefficient (Wildman–Crippen LogP) is 1.92. The highest BCUT2D eigenvalue weighted by Gasteiger charge is 2.12. The molecule has 0 saturated carbocycles. The van der Waals surface area contributed by atoms with Crippen molar-refractivity contribution in [3.63, 3.8) is 0 Å². The Kier molecular flexibility index (Phi) is 3.85. The van der Waals surface area contributed by atoms with Crippen LogP contribution in [0.4, 0.5) is 0 Å². The van der Waals surface area contributed by atoms with Crippen molar-refractivity contribution in [2.24, 2.45) is 7.05 Å². The molecule has 0 aliphatic rings. The maximum atomic E-state index is 12.0. The van der Waals surface area contributed by atoms with E-state index in [9.17, 15) is 4.79 Å². The highest BCUT2D eigenvalue weighted by atomic mass is 16.5. The Hall–Kier alpha value is -2.30. The second-order valence-electron chi connectivity index (χ2n) is 4.37. The number of nitrogens with zero attached hydrogens (tertiary/aromatic N) is 2. The standard InChI is InChI=1S/C14H17N3O2/c1-10(11-4-6-13(19-3)7-5-11)16-14(18)12-8-15-17(2)9-12/h4-10H,1-3H3,(H,16,18). The van der Waals surface area contributed by atoms with Gasteiger partial charge in [0.15, 0.2) is 0 Å². The van der Waals surface area contributed by atoms with Gasteiger partial charge in [-0.25, -0.2) is 0 Å². The van der Waals surface area contributed by atoms with E-state index in [4.69, 9.17) is 4.74 Å². The molecule has 1 atom stereocenters. The van der Waals surface area contributed by atoms with Crippen LogP contribution in [0.1, 0.15) is 28.9 Å². The molecule has 2 aromatic rings. The fraction of sp³-hybridized carbons (Fsp3) is 0.286. The van der Waals surface area contributed by atoms with Crippen LogP contribution in [0.3, 0.4) is 0 Å². The molecule has 19 heavy (non-hydrogen) atoms. The van der Waals surface area contributed by atoms with E-state index in [1.54, 1.807) is 31.2 Å². The third-order valence-electron chi connectivity index (χ3n) is 2.93. The summed E-state index contributed by atoms with van der Waals surface area (Å²) in [7, 11) is 3.41. The SMILES string of the molecule is COc1ccc(C(C)NC(=O)c2cnn(C)c2)cc1. The number of carbonyl (C=O) groups is 1. The van der Waals surface area contributed by atoms with E-state index < -0.39 is 0 Å². The first-order chi connectivity index (χ1) is 9.10. The first-order valence-electron chi connectivity index (χ1n) is 6.03. The van der Waals surface area contributed by atoms with E-state index in [2.05, 4.69) is 10.4 Å². The van der Waals surface area contributed by atoms with Gasteiger partial charge in [0.1, 0.15) is 5.75 Å². The molecule has 0 bridgehead atoms. The summed E-state index contributed by atoms with van der Waals surface area (Å²) in [4.78, 5) is 12.0. The van der Waals surface area contributed by atoms with Crippen molar-refractivity contribution in [1.82, 2.24) is 15.1 Å². The van der Waals surface area contributed by atoms with Crippen molar-refractivity contribution in [2.45, 2.75) is 13.0 Å². The normalized spacial score (nSPS) is 11.9. The molecular weight excluding hydrogens is 242 g/mol. The molecule has 0 saturated heterocycles. The van der Waals surface area contributed by atoms with Gasteiger partial charge in [-0.05, 0) is 24.6 Å². The number of hydrogen-bond donors (Lipinski definition) is 1. The Morgan fingerprint density at radius 3 is 2.58 bits per heavy atom. The van der Waals surface area contributed by atoms with Crippen LogP contribution in [0, 0.1) is 0 Å². The molecule has 1 N–H and O–H groups in total. The number of aryl methyl sites for hydroxylation is 1. The molecule has 1 heterocycles. The van der Waals surface area contributed by atoms with Gasteiger partial charge in [-0.2, -0.15) is 5.10 Å². The Morgan fingerprint density at radius 2 is 2.05 bits per heavy atom. The number of amides is 1. The molecule has 0 aliphatic carbocycles. The Bertz CT molecular complexity index is 560. The van der Waals surface area contributed by atoms with E-state index in [0.717, 1.165) is 11.3 Å². The molecule has 0 aliphatic heterocycles. The van der Waals surface area contributed by atoms with Gasteiger partial charge in [-0.3, -0.25) is 9.48 Å². The topological polar surface area (TPSA) is 56.1 Å². The van der Waals surface area contributed by atoms with E-state index in [0.29, 0.717) is 5.56 Å². The highest BCUT2D eigenvalue weighted by Crippen LogP contribution is 2.17. The number of rotatable bonds is 4. The molecule has 1 aromatic carbocycles. The lowest BCUT2D eigenvalue weighted by molar-refractivity contribution is 0.0940. The average molecular weight is 259 g/mol. The van der Waals surface area contributed by atoms with Crippen LogP contribution in [0.25, 0.3) is 0 Å². The van der Waals surface area contributed by atoms with Gasteiger partial charge in [-0.1, -0.05) is 12.1 Å². The van der Waals surface area contributed by atoms with Gasteiger partial charge in [0.2, 0.25) is 0 Å². The van der Waals surface area contributed by atoms with Crippen molar-refractivity contribution in [3.05, 3.63) is 47.8 Å². The van der Waals surface area contributed by atoms with Crippen LogP contribution in [0.15, 0.2) is 36.7 Å². The van der Waals surface area contributed by atoms with Crippen LogP contribution in [0.2, 0.25) is 0 Å². The van der Waals surface area contributed by atoms with Crippen molar-refractivity contribution < 1.29 is 9.53 Å². The molecular formula is C14H17N3O2. The lowest BCUT2D eigenvalue weighted by atomic mass is 10.1. The third kappa shape index (κ3) is 3.13. The summed E-state index contributed by atoms with van der Waals surface area (Å²) in [6.45, 7) is 1.94. The van der Waals surface area contributed by atoms with Crippen molar-refractivity contribution in [1.29, 1.82) is 0 Å². The van der Waals surface area contributed by atoms with Crippen molar-refractivity contribution in [3.8, 4) is 5.75 Å². The van der Waals surface area contributed by atoms with Crippen LogP contribution >= 0.6 is 0 Å². The number of nitrogens with one attached hydrogen (secondary N) is 1. The lowest BCUT2D eigenvalue weighted by Gasteiger charge is -2.14. The summed E-state index contributed by atoms with van der Waals surface area (Å²) < 4.78 is 6.71. The molecule has 1 unspecified atom stereocenters. The van der Waals surface area contributed by atoms with Crippen LogP contribution < -0.4 is 10.1 Å². The minimum Gasteiger partial charge on any atom is -0.497 e. The molecule has 1 amide bonds.